The molecule has 0 bridgehead atoms. The van der Waals surface area contributed by atoms with E-state index in [1.807, 2.05) is 0 Å². The molecule has 4 heteroatoms. The van der Waals surface area contributed by atoms with Crippen molar-refractivity contribution < 1.29 is 0 Å². The first-order valence-electron chi connectivity index (χ1n) is 22.9. The minimum absolute atomic E-state index is 0.0696. The number of rotatable bonds is 6. The number of halogens is 1. The number of hydrogen-bond donors (Lipinski definition) is 0. The first-order valence-corrected chi connectivity index (χ1v) is 23.7. The second-order valence-corrected chi connectivity index (χ2v) is 22.3. The van der Waals surface area contributed by atoms with E-state index in [2.05, 4.69) is 261 Å². The number of nitrogens with zero attached hydrogens (tertiary/aromatic N) is 2. The number of anilines is 6. The molecular weight excluding hydrogens is 839 g/mol. The van der Waals surface area contributed by atoms with Crippen molar-refractivity contribution in [2.75, 3.05) is 9.80 Å². The summed E-state index contributed by atoms with van der Waals surface area (Å²) in [5.74, 6) is 0. The summed E-state index contributed by atoms with van der Waals surface area (Å²) in [5, 5.41) is 2.55. The van der Waals surface area contributed by atoms with Crippen molar-refractivity contribution in [3.8, 4) is 22.3 Å². The van der Waals surface area contributed by atoms with E-state index in [-0.39, 0.29) is 21.7 Å². The van der Waals surface area contributed by atoms with Gasteiger partial charge in [-0.1, -0.05) is 157 Å². The Labute approximate surface area is 390 Å². The molecule has 2 nitrogen and oxygen atoms in total. The highest BCUT2D eigenvalue weighted by Gasteiger charge is 2.43. The van der Waals surface area contributed by atoms with Crippen molar-refractivity contribution in [2.24, 2.45) is 0 Å². The summed E-state index contributed by atoms with van der Waals surface area (Å²) in [5.41, 5.74) is 21.5. The molecule has 0 saturated heterocycles. The smallest absolute Gasteiger partial charge is 0.139 e. The van der Waals surface area contributed by atoms with Crippen molar-refractivity contribution in [2.45, 2.75) is 90.9 Å². The highest BCUT2D eigenvalue weighted by atomic mass is 79.9. The summed E-state index contributed by atoms with van der Waals surface area (Å²) < 4.78 is 1.07. The van der Waals surface area contributed by atoms with Gasteiger partial charge in [-0.25, -0.2) is 0 Å². The Morgan fingerprint density at radius 2 is 0.859 bits per heavy atom. The first-order chi connectivity index (χ1) is 30.3. The summed E-state index contributed by atoms with van der Waals surface area (Å²) in [6.45, 7) is 23.4. The molecule has 0 N–H and O–H groups in total. The van der Waals surface area contributed by atoms with Crippen molar-refractivity contribution in [3.05, 3.63) is 196 Å². The second kappa shape index (κ2) is 14.9. The zero-order chi connectivity index (χ0) is 45.1. The number of hydrogen-bond acceptors (Lipinski definition) is 2. The lowest BCUT2D eigenvalue weighted by molar-refractivity contribution is 0.590. The quantitative estimate of drug-likeness (QED) is 0.153. The Bertz CT molecular complexity index is 3110. The van der Waals surface area contributed by atoms with Gasteiger partial charge in [0.15, 0.2) is 0 Å². The van der Waals surface area contributed by atoms with Crippen LogP contribution in [0.1, 0.15) is 103 Å². The molecule has 8 aromatic rings. The maximum Gasteiger partial charge on any atom is 0.139 e. The predicted octanol–water partition coefficient (Wildman–Crippen LogP) is 16.0. The van der Waals surface area contributed by atoms with Crippen LogP contribution in [0.4, 0.5) is 34.1 Å². The molecule has 64 heavy (non-hydrogen) atoms. The normalized spacial score (nSPS) is 14.5. The molecule has 2 aliphatic carbocycles. The van der Waals surface area contributed by atoms with Gasteiger partial charge in [0.25, 0.3) is 0 Å². The second-order valence-electron chi connectivity index (χ2n) is 21.4. The Kier molecular flexibility index (Phi) is 9.78. The summed E-state index contributed by atoms with van der Waals surface area (Å²) >= 11 is 3.68. The van der Waals surface area contributed by atoms with E-state index in [1.165, 1.54) is 77.6 Å². The lowest BCUT2D eigenvalue weighted by atomic mass is 9.79. The summed E-state index contributed by atoms with van der Waals surface area (Å²) in [6.07, 6.45) is 0. The van der Waals surface area contributed by atoms with Gasteiger partial charge in [-0.05, 0) is 163 Å². The van der Waals surface area contributed by atoms with Gasteiger partial charge in [-0.15, -0.1) is 0 Å². The lowest BCUT2D eigenvalue weighted by Crippen LogP contribution is -2.18. The van der Waals surface area contributed by atoms with Crippen LogP contribution in [0.15, 0.2) is 162 Å². The molecule has 0 saturated carbocycles. The van der Waals surface area contributed by atoms with Crippen LogP contribution in [0, 0.1) is 0 Å². The SMILES string of the molecule is Bc1ccc(N(c2ccc(C(C)(C)C)cc2)c2cc3c(c4ccccc24)-c2cc4c(cc2C3(C)C)-c2ccc(N(c3ccc(Br)cc3)c3ccc(C(C)(C)C)cc3)cc2C4(C)C)cc1. The third kappa shape index (κ3) is 6.83. The zero-order valence-electron chi connectivity index (χ0n) is 39.3. The van der Waals surface area contributed by atoms with Crippen molar-refractivity contribution in [1.82, 2.24) is 0 Å². The third-order valence-corrected chi connectivity index (χ3v) is 14.8. The van der Waals surface area contributed by atoms with Crippen LogP contribution < -0.4 is 15.3 Å². The molecule has 10 rings (SSSR count). The monoisotopic (exact) mass is 896 g/mol. The van der Waals surface area contributed by atoms with Crippen molar-refractivity contribution in [1.29, 1.82) is 0 Å². The predicted molar refractivity (Wildman–Crippen MR) is 282 cm³/mol. The average molecular weight is 898 g/mol. The van der Waals surface area contributed by atoms with Gasteiger partial charge in [0.1, 0.15) is 7.85 Å². The molecular formula is C60H58BBrN2. The van der Waals surface area contributed by atoms with Crippen LogP contribution in [0.5, 0.6) is 0 Å². The molecule has 318 valence electrons. The van der Waals surface area contributed by atoms with Gasteiger partial charge in [-0.3, -0.25) is 0 Å². The van der Waals surface area contributed by atoms with E-state index in [0.717, 1.165) is 32.9 Å². The van der Waals surface area contributed by atoms with Gasteiger partial charge in [-0.2, -0.15) is 0 Å². The van der Waals surface area contributed by atoms with Crippen LogP contribution in [-0.2, 0) is 21.7 Å². The van der Waals surface area contributed by atoms with Crippen LogP contribution in [-0.4, -0.2) is 7.85 Å². The van der Waals surface area contributed by atoms with Crippen LogP contribution in [0.3, 0.4) is 0 Å². The molecule has 2 aliphatic rings. The molecule has 0 amide bonds. The molecule has 0 fully saturated rings. The minimum atomic E-state index is -0.238. The van der Waals surface area contributed by atoms with Crippen molar-refractivity contribution in [3.63, 3.8) is 0 Å². The highest BCUT2D eigenvalue weighted by Crippen LogP contribution is 2.59. The maximum atomic E-state index is 3.68. The molecule has 0 aromatic heterocycles. The van der Waals surface area contributed by atoms with E-state index < -0.39 is 0 Å². The van der Waals surface area contributed by atoms with E-state index in [9.17, 15) is 0 Å². The van der Waals surface area contributed by atoms with Gasteiger partial charge in [0.05, 0.1) is 5.69 Å². The number of fused-ring (bicyclic) bond motifs is 8. The average Bonchev–Trinajstić information content (AvgIpc) is 3.62. The van der Waals surface area contributed by atoms with E-state index in [1.54, 1.807) is 0 Å². The van der Waals surface area contributed by atoms with Gasteiger partial charge in [0.2, 0.25) is 0 Å². The Morgan fingerprint density at radius 1 is 0.422 bits per heavy atom. The summed E-state index contributed by atoms with van der Waals surface area (Å²) in [6, 6.07) is 59.9. The standard InChI is InChI=1S/C60H58BBrN2/c1-57(2,3)37-15-23-41(24-16-37)63(42-29-21-40(62)22-30-42)45-31-32-46-49-34-53-50(35-52(49)59(7,8)51(46)33-45)56-48-14-12-11-13-47(48)55(36-54(56)60(53,9)10)64(44-27-19-39(61)20-28-44)43-25-17-38(18-26-43)58(4,5)6/h11-36H,61H2,1-10H3. The van der Waals surface area contributed by atoms with Crippen LogP contribution >= 0.6 is 15.9 Å². The molecule has 0 atom stereocenters. The fourth-order valence-corrected chi connectivity index (χ4v) is 10.7. The molecule has 0 spiro atoms. The first kappa shape index (κ1) is 42.1. The molecule has 0 aliphatic heterocycles. The largest absolute Gasteiger partial charge is 0.310 e. The van der Waals surface area contributed by atoms with Gasteiger partial charge >= 0.3 is 0 Å². The highest BCUT2D eigenvalue weighted by molar-refractivity contribution is 9.10. The van der Waals surface area contributed by atoms with E-state index in [0.29, 0.717) is 0 Å². The fourth-order valence-electron chi connectivity index (χ4n) is 10.5. The van der Waals surface area contributed by atoms with E-state index >= 15 is 0 Å². The lowest BCUT2D eigenvalue weighted by Gasteiger charge is -2.30. The minimum Gasteiger partial charge on any atom is -0.310 e. The fraction of sp³-hybridized carbons (Fsp3) is 0.233. The van der Waals surface area contributed by atoms with Crippen LogP contribution in [0.25, 0.3) is 33.0 Å². The van der Waals surface area contributed by atoms with Gasteiger partial charge < -0.3 is 9.80 Å². The Morgan fingerprint density at radius 3 is 1.42 bits per heavy atom. The molecule has 0 heterocycles. The van der Waals surface area contributed by atoms with E-state index in [4.69, 9.17) is 0 Å². The summed E-state index contributed by atoms with van der Waals surface area (Å²) in [4.78, 5) is 4.88. The Hall–Kier alpha value is -5.84. The summed E-state index contributed by atoms with van der Waals surface area (Å²) in [7, 11) is 2.16. The maximum absolute atomic E-state index is 3.68. The zero-order valence-corrected chi connectivity index (χ0v) is 40.9. The molecule has 8 aromatic carbocycles. The molecule has 0 radical (unpaired) electrons. The van der Waals surface area contributed by atoms with Gasteiger partial charge in [0, 0.05) is 49.1 Å². The van der Waals surface area contributed by atoms with Crippen LogP contribution in [0.2, 0.25) is 0 Å². The molecule has 0 unspecified atom stereocenters. The van der Waals surface area contributed by atoms with Crippen molar-refractivity contribution >= 4 is 74.1 Å². The number of benzene rings is 8. The third-order valence-electron chi connectivity index (χ3n) is 14.3. The Balaban J connectivity index is 1.11. The topological polar surface area (TPSA) is 6.48 Å².